The average Bonchev–Trinajstić information content (AvgIpc) is 2.84. The Balaban J connectivity index is 2.18. The van der Waals surface area contributed by atoms with E-state index >= 15 is 0 Å². The number of aromatic carboxylic acids is 1. The van der Waals surface area contributed by atoms with Crippen molar-refractivity contribution in [3.8, 4) is 5.75 Å². The zero-order chi connectivity index (χ0) is 14.7. The molecule has 2 unspecified atom stereocenters. The van der Waals surface area contributed by atoms with Crippen molar-refractivity contribution in [2.45, 2.75) is 32.0 Å². The fraction of sp³-hybridized carbons (Fsp3) is 0.533. The minimum Gasteiger partial charge on any atom is -0.496 e. The van der Waals surface area contributed by atoms with Crippen LogP contribution in [0.1, 0.15) is 29.3 Å². The van der Waals surface area contributed by atoms with Crippen molar-refractivity contribution < 1.29 is 19.4 Å². The van der Waals surface area contributed by atoms with Gasteiger partial charge in [0.1, 0.15) is 5.75 Å². The zero-order valence-electron chi connectivity index (χ0n) is 12.1. The molecule has 1 aliphatic rings. The summed E-state index contributed by atoms with van der Waals surface area (Å²) in [5, 5.41) is 9.09. The van der Waals surface area contributed by atoms with Gasteiger partial charge in [0.25, 0.3) is 0 Å². The van der Waals surface area contributed by atoms with E-state index < -0.39 is 5.97 Å². The molecule has 0 bridgehead atoms. The maximum atomic E-state index is 11.1. The highest BCUT2D eigenvalue weighted by molar-refractivity contribution is 5.88. The van der Waals surface area contributed by atoms with Crippen molar-refractivity contribution in [2.24, 2.45) is 0 Å². The van der Waals surface area contributed by atoms with Crippen LogP contribution >= 0.6 is 0 Å². The second-order valence-electron chi connectivity index (χ2n) is 5.18. The van der Waals surface area contributed by atoms with Crippen LogP contribution in [0.2, 0.25) is 0 Å². The van der Waals surface area contributed by atoms with Gasteiger partial charge in [-0.05, 0) is 38.6 Å². The summed E-state index contributed by atoms with van der Waals surface area (Å²) in [5.41, 5.74) is 1.17. The van der Waals surface area contributed by atoms with Gasteiger partial charge in [0.05, 0.1) is 18.8 Å². The topological polar surface area (TPSA) is 59.0 Å². The lowest BCUT2D eigenvalue weighted by atomic mass is 10.1. The lowest BCUT2D eigenvalue weighted by Crippen LogP contribution is -2.36. The SMILES string of the molecule is COc1ccc(C(=O)O)cc1CN(C)C1CCOC1C. The molecule has 0 amide bonds. The van der Waals surface area contributed by atoms with Crippen molar-refractivity contribution in [3.63, 3.8) is 0 Å². The first-order chi connectivity index (χ1) is 9.52. The highest BCUT2D eigenvalue weighted by Gasteiger charge is 2.28. The van der Waals surface area contributed by atoms with E-state index in [2.05, 4.69) is 11.8 Å². The van der Waals surface area contributed by atoms with Gasteiger partial charge in [-0.15, -0.1) is 0 Å². The molecule has 1 saturated heterocycles. The predicted octanol–water partition coefficient (Wildman–Crippen LogP) is 2.00. The Morgan fingerprint density at radius 1 is 1.55 bits per heavy atom. The number of carboxylic acid groups (broad SMARTS) is 1. The second kappa shape index (κ2) is 6.24. The number of nitrogens with zero attached hydrogens (tertiary/aromatic N) is 1. The van der Waals surface area contributed by atoms with Crippen LogP contribution in [0.5, 0.6) is 5.75 Å². The van der Waals surface area contributed by atoms with Crippen LogP contribution in [0.4, 0.5) is 0 Å². The fourth-order valence-corrected chi connectivity index (χ4v) is 2.72. The molecule has 0 saturated carbocycles. The third-order valence-corrected chi connectivity index (χ3v) is 3.85. The molecular formula is C15H21NO4. The van der Waals surface area contributed by atoms with Crippen LogP contribution in [0.25, 0.3) is 0 Å². The van der Waals surface area contributed by atoms with E-state index in [1.165, 1.54) is 0 Å². The number of likely N-dealkylation sites (N-methyl/N-ethyl adjacent to an activating group) is 1. The zero-order valence-corrected chi connectivity index (χ0v) is 12.1. The molecule has 0 spiro atoms. The Bertz CT molecular complexity index is 489. The Kier molecular flexibility index (Phi) is 4.62. The molecule has 20 heavy (non-hydrogen) atoms. The van der Waals surface area contributed by atoms with Crippen molar-refractivity contribution in [1.29, 1.82) is 0 Å². The minimum absolute atomic E-state index is 0.202. The molecule has 2 atom stereocenters. The molecule has 0 radical (unpaired) electrons. The van der Waals surface area contributed by atoms with Gasteiger partial charge in [0.2, 0.25) is 0 Å². The molecule has 1 aromatic carbocycles. The van der Waals surface area contributed by atoms with Crippen molar-refractivity contribution in [2.75, 3.05) is 20.8 Å². The number of benzene rings is 1. The molecule has 1 fully saturated rings. The molecular weight excluding hydrogens is 258 g/mol. The monoisotopic (exact) mass is 279 g/mol. The predicted molar refractivity (Wildman–Crippen MR) is 75.2 cm³/mol. The summed E-state index contributed by atoms with van der Waals surface area (Å²) in [6.45, 7) is 3.49. The van der Waals surface area contributed by atoms with Gasteiger partial charge in [-0.2, -0.15) is 0 Å². The van der Waals surface area contributed by atoms with Crippen LogP contribution in [-0.2, 0) is 11.3 Å². The maximum Gasteiger partial charge on any atom is 0.335 e. The van der Waals surface area contributed by atoms with Crippen molar-refractivity contribution >= 4 is 5.97 Å². The number of rotatable bonds is 5. The summed E-state index contributed by atoms with van der Waals surface area (Å²) in [6.07, 6.45) is 1.20. The Labute approximate surface area is 119 Å². The number of carboxylic acids is 1. The maximum absolute atomic E-state index is 11.1. The summed E-state index contributed by atoms with van der Waals surface area (Å²) >= 11 is 0. The van der Waals surface area contributed by atoms with Gasteiger partial charge in [-0.1, -0.05) is 0 Å². The van der Waals surface area contributed by atoms with Gasteiger partial charge in [-0.25, -0.2) is 4.79 Å². The summed E-state index contributed by atoms with van der Waals surface area (Å²) in [6, 6.07) is 5.30. The molecule has 5 heteroatoms. The quantitative estimate of drug-likeness (QED) is 0.893. The van der Waals surface area contributed by atoms with Crippen LogP contribution in [0.15, 0.2) is 18.2 Å². The molecule has 110 valence electrons. The van der Waals surface area contributed by atoms with E-state index in [9.17, 15) is 4.79 Å². The largest absolute Gasteiger partial charge is 0.496 e. The molecule has 1 heterocycles. The second-order valence-corrected chi connectivity index (χ2v) is 5.18. The highest BCUT2D eigenvalue weighted by Crippen LogP contribution is 2.25. The van der Waals surface area contributed by atoms with Crippen LogP contribution in [-0.4, -0.2) is 48.9 Å². The van der Waals surface area contributed by atoms with Gasteiger partial charge in [0.15, 0.2) is 0 Å². The summed E-state index contributed by atoms with van der Waals surface area (Å²) in [4.78, 5) is 13.3. The molecule has 0 aromatic heterocycles. The Morgan fingerprint density at radius 3 is 2.85 bits per heavy atom. The van der Waals surface area contributed by atoms with E-state index in [1.54, 1.807) is 25.3 Å². The first-order valence-corrected chi connectivity index (χ1v) is 6.75. The Morgan fingerprint density at radius 2 is 2.30 bits per heavy atom. The van der Waals surface area contributed by atoms with E-state index in [0.717, 1.165) is 18.6 Å². The number of hydrogen-bond acceptors (Lipinski definition) is 4. The minimum atomic E-state index is -0.922. The Hall–Kier alpha value is -1.59. The molecule has 1 aromatic rings. The third-order valence-electron chi connectivity index (χ3n) is 3.85. The van der Waals surface area contributed by atoms with Crippen LogP contribution in [0, 0.1) is 0 Å². The lowest BCUT2D eigenvalue weighted by molar-refractivity contribution is 0.0695. The lowest BCUT2D eigenvalue weighted by Gasteiger charge is -2.27. The van der Waals surface area contributed by atoms with E-state index in [4.69, 9.17) is 14.6 Å². The summed E-state index contributed by atoms with van der Waals surface area (Å²) in [5.74, 6) is -0.206. The van der Waals surface area contributed by atoms with E-state index in [0.29, 0.717) is 18.3 Å². The highest BCUT2D eigenvalue weighted by atomic mass is 16.5. The average molecular weight is 279 g/mol. The van der Waals surface area contributed by atoms with Crippen molar-refractivity contribution in [1.82, 2.24) is 4.90 Å². The fourth-order valence-electron chi connectivity index (χ4n) is 2.72. The number of hydrogen-bond donors (Lipinski definition) is 1. The van der Waals surface area contributed by atoms with Gasteiger partial charge in [0, 0.05) is 24.8 Å². The molecule has 5 nitrogen and oxygen atoms in total. The van der Waals surface area contributed by atoms with E-state index in [1.807, 2.05) is 7.05 Å². The number of carbonyl (C=O) groups is 1. The van der Waals surface area contributed by atoms with Gasteiger partial charge >= 0.3 is 5.97 Å². The molecule has 1 aliphatic heterocycles. The standard InChI is InChI=1S/C15H21NO4/c1-10-13(6-7-20-10)16(2)9-12-8-11(15(17)18)4-5-14(12)19-3/h4-5,8,10,13H,6-7,9H2,1-3H3,(H,17,18). The molecule has 0 aliphatic carbocycles. The first kappa shape index (κ1) is 14.8. The molecule has 2 rings (SSSR count). The van der Waals surface area contributed by atoms with Crippen molar-refractivity contribution in [3.05, 3.63) is 29.3 Å². The number of methoxy groups -OCH3 is 1. The number of ether oxygens (including phenoxy) is 2. The van der Waals surface area contributed by atoms with Gasteiger partial charge in [-0.3, -0.25) is 4.90 Å². The summed E-state index contributed by atoms with van der Waals surface area (Å²) in [7, 11) is 3.63. The van der Waals surface area contributed by atoms with Crippen LogP contribution < -0.4 is 4.74 Å². The normalized spacial score (nSPS) is 22.2. The smallest absolute Gasteiger partial charge is 0.335 e. The van der Waals surface area contributed by atoms with Crippen LogP contribution in [0.3, 0.4) is 0 Å². The molecule has 1 N–H and O–H groups in total. The van der Waals surface area contributed by atoms with Gasteiger partial charge < -0.3 is 14.6 Å². The first-order valence-electron chi connectivity index (χ1n) is 6.75. The third kappa shape index (κ3) is 3.11. The van der Waals surface area contributed by atoms with E-state index in [-0.39, 0.29) is 11.7 Å². The summed E-state index contributed by atoms with van der Waals surface area (Å²) < 4.78 is 10.9.